The van der Waals surface area contributed by atoms with Crippen LogP contribution in [-0.4, -0.2) is 29.2 Å². The van der Waals surface area contributed by atoms with Gasteiger partial charge in [-0.05, 0) is 37.7 Å². The third-order valence-electron chi connectivity index (χ3n) is 3.08. The first-order valence-corrected chi connectivity index (χ1v) is 7.42. The van der Waals surface area contributed by atoms with Gasteiger partial charge in [-0.2, -0.15) is 11.8 Å². The fraction of sp³-hybridized carbons (Fsp3) is 0.909. The van der Waals surface area contributed by atoms with E-state index >= 15 is 0 Å². The highest BCUT2D eigenvalue weighted by molar-refractivity contribution is 8.00. The van der Waals surface area contributed by atoms with Crippen molar-refractivity contribution in [3.63, 3.8) is 0 Å². The van der Waals surface area contributed by atoms with Gasteiger partial charge in [-0.3, -0.25) is 0 Å². The van der Waals surface area contributed by atoms with E-state index < -0.39 is 0 Å². The molecule has 0 saturated heterocycles. The van der Waals surface area contributed by atoms with Gasteiger partial charge in [-0.1, -0.05) is 19.8 Å². The average Bonchev–Trinajstić information content (AvgIpc) is 2.17. The first-order valence-electron chi connectivity index (χ1n) is 5.79. The fourth-order valence-corrected chi connectivity index (χ4v) is 2.79. The molecule has 1 aliphatic carbocycles. The van der Waals surface area contributed by atoms with Crippen molar-refractivity contribution in [1.29, 1.82) is 0 Å². The van der Waals surface area contributed by atoms with E-state index in [0.717, 1.165) is 18.2 Å². The normalized spacial score (nSPS) is 18.0. The minimum atomic E-state index is 0.469. The summed E-state index contributed by atoms with van der Waals surface area (Å²) in [5.41, 5.74) is 0. The van der Waals surface area contributed by atoms with E-state index in [2.05, 4.69) is 23.8 Å². The molecule has 1 rings (SSSR count). The molecule has 0 aromatic heterocycles. The summed E-state index contributed by atoms with van der Waals surface area (Å²) in [6.07, 6.45) is 8.64. The zero-order chi connectivity index (χ0) is 11.1. The van der Waals surface area contributed by atoms with Gasteiger partial charge in [0.05, 0.1) is 0 Å². The third kappa shape index (κ3) is 4.19. The summed E-state index contributed by atoms with van der Waals surface area (Å²) in [5, 5.41) is 7.40. The van der Waals surface area contributed by atoms with Crippen molar-refractivity contribution in [2.75, 3.05) is 19.3 Å². The van der Waals surface area contributed by atoms with Crippen LogP contribution in [0.15, 0.2) is 0 Å². The fourth-order valence-electron chi connectivity index (χ4n) is 1.71. The minimum Gasteiger partial charge on any atom is -0.363 e. The molecule has 4 heteroatoms. The van der Waals surface area contributed by atoms with Crippen molar-refractivity contribution in [1.82, 2.24) is 10.6 Å². The topological polar surface area (TPSA) is 24.1 Å². The molecule has 0 aliphatic heterocycles. The summed E-state index contributed by atoms with van der Waals surface area (Å²) < 4.78 is 0.469. The lowest BCUT2D eigenvalue weighted by Gasteiger charge is -2.40. The van der Waals surface area contributed by atoms with E-state index in [1.54, 1.807) is 0 Å². The minimum absolute atomic E-state index is 0.469. The summed E-state index contributed by atoms with van der Waals surface area (Å²) >= 11 is 7.20. The van der Waals surface area contributed by atoms with Crippen LogP contribution in [0, 0.1) is 0 Å². The van der Waals surface area contributed by atoms with E-state index in [0.29, 0.717) is 4.75 Å². The first-order chi connectivity index (χ1) is 7.22. The Morgan fingerprint density at radius 1 is 1.40 bits per heavy atom. The Balaban J connectivity index is 2.10. The van der Waals surface area contributed by atoms with Gasteiger partial charge >= 0.3 is 0 Å². The lowest BCUT2D eigenvalue weighted by atomic mass is 9.84. The summed E-state index contributed by atoms with van der Waals surface area (Å²) in [4.78, 5) is 0. The molecule has 0 radical (unpaired) electrons. The predicted molar refractivity (Wildman–Crippen MR) is 73.6 cm³/mol. The average molecular weight is 246 g/mol. The number of unbranched alkanes of at least 4 members (excludes halogenated alkanes) is 1. The van der Waals surface area contributed by atoms with Crippen LogP contribution in [0.25, 0.3) is 0 Å². The Bertz CT molecular complexity index is 197. The zero-order valence-electron chi connectivity index (χ0n) is 9.77. The van der Waals surface area contributed by atoms with Gasteiger partial charge < -0.3 is 10.6 Å². The molecule has 1 fully saturated rings. The molecule has 0 atom stereocenters. The van der Waals surface area contributed by atoms with E-state index in [1.807, 2.05) is 11.8 Å². The summed E-state index contributed by atoms with van der Waals surface area (Å²) in [7, 11) is 0. The molecule has 0 unspecified atom stereocenters. The largest absolute Gasteiger partial charge is 0.363 e. The molecule has 88 valence electrons. The highest BCUT2D eigenvalue weighted by atomic mass is 32.2. The maximum Gasteiger partial charge on any atom is 0.166 e. The third-order valence-corrected chi connectivity index (χ3v) is 4.79. The second kappa shape index (κ2) is 6.59. The van der Waals surface area contributed by atoms with Gasteiger partial charge in [-0.25, -0.2) is 0 Å². The van der Waals surface area contributed by atoms with Crippen LogP contribution in [0.3, 0.4) is 0 Å². The molecule has 0 bridgehead atoms. The van der Waals surface area contributed by atoms with Crippen LogP contribution in [0.4, 0.5) is 0 Å². The van der Waals surface area contributed by atoms with Gasteiger partial charge in [0.25, 0.3) is 0 Å². The van der Waals surface area contributed by atoms with Crippen molar-refractivity contribution in [2.24, 2.45) is 0 Å². The maximum absolute atomic E-state index is 5.22. The number of thioether (sulfide) groups is 1. The first kappa shape index (κ1) is 13.1. The maximum atomic E-state index is 5.22. The van der Waals surface area contributed by atoms with Crippen LogP contribution in [0.1, 0.15) is 39.0 Å². The molecule has 0 spiro atoms. The molecule has 0 aromatic carbocycles. The molecule has 0 amide bonds. The zero-order valence-corrected chi connectivity index (χ0v) is 11.4. The van der Waals surface area contributed by atoms with Crippen molar-refractivity contribution in [2.45, 2.75) is 43.8 Å². The quantitative estimate of drug-likeness (QED) is 0.555. The molecule has 2 N–H and O–H groups in total. The molecule has 0 heterocycles. The second-order valence-electron chi connectivity index (χ2n) is 4.20. The van der Waals surface area contributed by atoms with E-state index in [4.69, 9.17) is 12.2 Å². The van der Waals surface area contributed by atoms with E-state index in [1.165, 1.54) is 32.1 Å². The monoisotopic (exact) mass is 246 g/mol. The van der Waals surface area contributed by atoms with E-state index in [-0.39, 0.29) is 0 Å². The van der Waals surface area contributed by atoms with Crippen molar-refractivity contribution in [3.8, 4) is 0 Å². The highest BCUT2D eigenvalue weighted by Gasteiger charge is 2.35. The van der Waals surface area contributed by atoms with Crippen molar-refractivity contribution < 1.29 is 0 Å². The molecular weight excluding hydrogens is 224 g/mol. The van der Waals surface area contributed by atoms with Gasteiger partial charge in [-0.15, -0.1) is 0 Å². The number of hydrogen-bond donors (Lipinski definition) is 2. The van der Waals surface area contributed by atoms with Gasteiger partial charge in [0.1, 0.15) is 0 Å². The van der Waals surface area contributed by atoms with Crippen LogP contribution in [-0.2, 0) is 0 Å². The van der Waals surface area contributed by atoms with Crippen LogP contribution in [0.2, 0.25) is 0 Å². The molecule has 1 saturated carbocycles. The summed E-state index contributed by atoms with van der Waals surface area (Å²) in [5.74, 6) is 0. The standard InChI is InChI=1S/C11H22N2S2/c1-3-4-8-12-10(14)13-9-11(15-2)6-5-7-11/h3-9H2,1-2H3,(H2,12,13,14). The Hall–Kier alpha value is 0.0400. The summed E-state index contributed by atoms with van der Waals surface area (Å²) in [6, 6.07) is 0. The van der Waals surface area contributed by atoms with E-state index in [9.17, 15) is 0 Å². The lowest BCUT2D eigenvalue weighted by molar-refractivity contribution is 0.361. The molecule has 1 aliphatic rings. The van der Waals surface area contributed by atoms with Crippen LogP contribution < -0.4 is 10.6 Å². The van der Waals surface area contributed by atoms with Crippen molar-refractivity contribution >= 4 is 29.1 Å². The number of rotatable bonds is 6. The predicted octanol–water partition coefficient (Wildman–Crippen LogP) is 2.54. The number of nitrogens with one attached hydrogen (secondary N) is 2. The molecule has 0 aromatic rings. The smallest absolute Gasteiger partial charge is 0.166 e. The molecule has 15 heavy (non-hydrogen) atoms. The van der Waals surface area contributed by atoms with Crippen LogP contribution >= 0.6 is 24.0 Å². The van der Waals surface area contributed by atoms with Crippen molar-refractivity contribution in [3.05, 3.63) is 0 Å². The Morgan fingerprint density at radius 2 is 2.13 bits per heavy atom. The van der Waals surface area contributed by atoms with Gasteiger partial charge in [0, 0.05) is 17.8 Å². The van der Waals surface area contributed by atoms with Gasteiger partial charge in [0.15, 0.2) is 5.11 Å². The van der Waals surface area contributed by atoms with Crippen LogP contribution in [0.5, 0.6) is 0 Å². The molecule has 2 nitrogen and oxygen atoms in total. The second-order valence-corrected chi connectivity index (χ2v) is 5.89. The summed E-state index contributed by atoms with van der Waals surface area (Å²) in [6.45, 7) is 4.20. The Kier molecular flexibility index (Phi) is 5.75. The highest BCUT2D eigenvalue weighted by Crippen LogP contribution is 2.42. The lowest BCUT2D eigenvalue weighted by Crippen LogP contribution is -2.48. The van der Waals surface area contributed by atoms with Gasteiger partial charge in [0.2, 0.25) is 0 Å². The Labute approximate surface area is 103 Å². The number of hydrogen-bond acceptors (Lipinski definition) is 2. The SMILES string of the molecule is CCCCNC(=S)NCC1(SC)CCC1. The number of thiocarbonyl (C=S) groups is 1. The Morgan fingerprint density at radius 3 is 2.60 bits per heavy atom. The molecular formula is C11H22N2S2.